The molecule has 0 bridgehead atoms. The van der Waals surface area contributed by atoms with Gasteiger partial charge in [-0.25, -0.2) is 0 Å². The van der Waals surface area contributed by atoms with E-state index in [1.807, 2.05) is 25.1 Å². The summed E-state index contributed by atoms with van der Waals surface area (Å²) in [4.78, 5) is 11.8. The lowest BCUT2D eigenvalue weighted by Gasteiger charge is -2.17. The minimum atomic E-state index is -0.0335. The standard InChI is InChI=1S/C21H27NO3/c1-6-16-11-15(4)20(12-14(16)3)25-13-17-18(22-21(23)7-2)9-8-10-19(17)24-5/h8-12H,6-7,13H2,1-5H3,(H,22,23). The van der Waals surface area contributed by atoms with Gasteiger partial charge in [0.25, 0.3) is 0 Å². The Bertz CT molecular complexity index is 753. The summed E-state index contributed by atoms with van der Waals surface area (Å²) in [6.07, 6.45) is 1.43. The first-order chi connectivity index (χ1) is 12.0. The largest absolute Gasteiger partial charge is 0.496 e. The molecule has 0 atom stereocenters. The van der Waals surface area contributed by atoms with E-state index in [0.717, 1.165) is 29.0 Å². The van der Waals surface area contributed by atoms with E-state index in [2.05, 4.69) is 38.2 Å². The van der Waals surface area contributed by atoms with Crippen LogP contribution in [0.5, 0.6) is 11.5 Å². The molecule has 0 saturated heterocycles. The normalized spacial score (nSPS) is 10.4. The highest BCUT2D eigenvalue weighted by Crippen LogP contribution is 2.30. The van der Waals surface area contributed by atoms with Gasteiger partial charge in [-0.3, -0.25) is 4.79 Å². The van der Waals surface area contributed by atoms with Gasteiger partial charge in [0.05, 0.1) is 18.4 Å². The van der Waals surface area contributed by atoms with Gasteiger partial charge in [-0.1, -0.05) is 26.0 Å². The van der Waals surface area contributed by atoms with Crippen molar-refractivity contribution in [2.45, 2.75) is 47.1 Å². The number of aryl methyl sites for hydroxylation is 3. The average Bonchev–Trinajstić information content (AvgIpc) is 2.62. The molecule has 0 fully saturated rings. The fourth-order valence-electron chi connectivity index (χ4n) is 2.80. The molecule has 2 aromatic rings. The number of amides is 1. The van der Waals surface area contributed by atoms with Gasteiger partial charge in [0.15, 0.2) is 0 Å². The summed E-state index contributed by atoms with van der Waals surface area (Å²) in [6.45, 7) is 8.46. The van der Waals surface area contributed by atoms with E-state index in [0.29, 0.717) is 18.8 Å². The van der Waals surface area contributed by atoms with Crippen molar-refractivity contribution >= 4 is 11.6 Å². The first-order valence-electron chi connectivity index (χ1n) is 8.68. The van der Waals surface area contributed by atoms with Crippen LogP contribution < -0.4 is 14.8 Å². The monoisotopic (exact) mass is 341 g/mol. The zero-order valence-electron chi connectivity index (χ0n) is 15.7. The fourth-order valence-corrected chi connectivity index (χ4v) is 2.80. The maximum Gasteiger partial charge on any atom is 0.224 e. The van der Waals surface area contributed by atoms with Crippen molar-refractivity contribution in [3.63, 3.8) is 0 Å². The number of carbonyl (C=O) groups is 1. The number of rotatable bonds is 7. The lowest BCUT2D eigenvalue weighted by atomic mass is 10.0. The maximum absolute atomic E-state index is 11.8. The molecule has 0 aliphatic carbocycles. The molecule has 0 heterocycles. The topological polar surface area (TPSA) is 47.6 Å². The third kappa shape index (κ3) is 4.53. The minimum absolute atomic E-state index is 0.0335. The number of nitrogens with one attached hydrogen (secondary N) is 1. The van der Waals surface area contributed by atoms with Gasteiger partial charge in [0, 0.05) is 6.42 Å². The van der Waals surface area contributed by atoms with Crippen molar-refractivity contribution in [3.05, 3.63) is 52.6 Å². The molecule has 0 aliphatic rings. The van der Waals surface area contributed by atoms with Crippen molar-refractivity contribution in [2.24, 2.45) is 0 Å². The second-order valence-electron chi connectivity index (χ2n) is 6.07. The predicted octanol–water partition coefficient (Wildman–Crippen LogP) is 4.80. The van der Waals surface area contributed by atoms with Crippen molar-refractivity contribution in [1.82, 2.24) is 0 Å². The highest BCUT2D eigenvalue weighted by molar-refractivity contribution is 5.91. The summed E-state index contributed by atoms with van der Waals surface area (Å²) in [6, 6.07) is 9.85. The van der Waals surface area contributed by atoms with Crippen LogP contribution in [-0.4, -0.2) is 13.0 Å². The zero-order chi connectivity index (χ0) is 18.4. The van der Waals surface area contributed by atoms with Crippen LogP contribution in [0, 0.1) is 13.8 Å². The summed E-state index contributed by atoms with van der Waals surface area (Å²) in [5, 5.41) is 2.92. The molecule has 134 valence electrons. The van der Waals surface area contributed by atoms with Gasteiger partial charge >= 0.3 is 0 Å². The predicted molar refractivity (Wildman–Crippen MR) is 102 cm³/mol. The van der Waals surface area contributed by atoms with Crippen molar-refractivity contribution in [1.29, 1.82) is 0 Å². The van der Waals surface area contributed by atoms with E-state index < -0.39 is 0 Å². The molecular weight excluding hydrogens is 314 g/mol. The summed E-state index contributed by atoms with van der Waals surface area (Å²) < 4.78 is 11.5. The number of benzene rings is 2. The van der Waals surface area contributed by atoms with E-state index in [4.69, 9.17) is 9.47 Å². The Morgan fingerprint density at radius 2 is 1.84 bits per heavy atom. The number of carbonyl (C=O) groups excluding carboxylic acids is 1. The zero-order valence-corrected chi connectivity index (χ0v) is 15.7. The summed E-state index contributed by atoms with van der Waals surface area (Å²) in [5.41, 5.74) is 5.23. The molecule has 0 aliphatic heterocycles. The molecule has 0 spiro atoms. The third-order valence-corrected chi connectivity index (χ3v) is 4.33. The molecule has 2 rings (SSSR count). The molecule has 0 unspecified atom stereocenters. The van der Waals surface area contributed by atoms with E-state index in [-0.39, 0.29) is 5.91 Å². The van der Waals surface area contributed by atoms with Crippen molar-refractivity contribution in [3.8, 4) is 11.5 Å². The molecule has 0 saturated carbocycles. The summed E-state index contributed by atoms with van der Waals surface area (Å²) in [7, 11) is 1.62. The Morgan fingerprint density at radius 3 is 2.48 bits per heavy atom. The lowest BCUT2D eigenvalue weighted by Crippen LogP contribution is -2.13. The fraction of sp³-hybridized carbons (Fsp3) is 0.381. The number of methoxy groups -OCH3 is 1. The molecule has 25 heavy (non-hydrogen) atoms. The van der Waals surface area contributed by atoms with Crippen molar-refractivity contribution < 1.29 is 14.3 Å². The van der Waals surface area contributed by atoms with Crippen LogP contribution in [0.15, 0.2) is 30.3 Å². The van der Waals surface area contributed by atoms with E-state index >= 15 is 0 Å². The van der Waals surface area contributed by atoms with E-state index in [1.54, 1.807) is 7.11 Å². The summed E-state index contributed by atoms with van der Waals surface area (Å²) in [5.74, 6) is 1.52. The highest BCUT2D eigenvalue weighted by atomic mass is 16.5. The molecule has 4 nitrogen and oxygen atoms in total. The highest BCUT2D eigenvalue weighted by Gasteiger charge is 2.13. The second kappa shape index (κ2) is 8.56. The summed E-state index contributed by atoms with van der Waals surface area (Å²) >= 11 is 0. The van der Waals surface area contributed by atoms with Gasteiger partial charge < -0.3 is 14.8 Å². The van der Waals surface area contributed by atoms with Gasteiger partial charge in [-0.05, 0) is 55.2 Å². The Morgan fingerprint density at radius 1 is 1.08 bits per heavy atom. The number of hydrogen-bond donors (Lipinski definition) is 1. The molecule has 2 aromatic carbocycles. The molecule has 1 N–H and O–H groups in total. The van der Waals surface area contributed by atoms with Crippen LogP contribution in [0.2, 0.25) is 0 Å². The van der Waals surface area contributed by atoms with Crippen LogP contribution in [0.3, 0.4) is 0 Å². The molecular formula is C21H27NO3. The van der Waals surface area contributed by atoms with Gasteiger partial charge in [-0.15, -0.1) is 0 Å². The van der Waals surface area contributed by atoms with Gasteiger partial charge in [-0.2, -0.15) is 0 Å². The molecule has 4 heteroatoms. The Labute approximate surface area is 150 Å². The average molecular weight is 341 g/mol. The first kappa shape index (κ1) is 18.8. The van der Waals surface area contributed by atoms with Crippen LogP contribution in [0.1, 0.15) is 42.5 Å². The SMILES string of the molecule is CCC(=O)Nc1cccc(OC)c1COc1cc(C)c(CC)cc1C. The molecule has 1 amide bonds. The third-order valence-electron chi connectivity index (χ3n) is 4.33. The lowest BCUT2D eigenvalue weighted by molar-refractivity contribution is -0.115. The minimum Gasteiger partial charge on any atom is -0.496 e. The van der Waals surface area contributed by atoms with E-state index in [9.17, 15) is 4.79 Å². The van der Waals surface area contributed by atoms with Crippen LogP contribution >= 0.6 is 0 Å². The van der Waals surface area contributed by atoms with Crippen LogP contribution in [-0.2, 0) is 17.8 Å². The Hall–Kier alpha value is -2.49. The van der Waals surface area contributed by atoms with Gasteiger partial charge in [0.2, 0.25) is 5.91 Å². The second-order valence-corrected chi connectivity index (χ2v) is 6.07. The van der Waals surface area contributed by atoms with Crippen molar-refractivity contribution in [2.75, 3.05) is 12.4 Å². The van der Waals surface area contributed by atoms with Gasteiger partial charge in [0.1, 0.15) is 18.1 Å². The number of anilines is 1. The first-order valence-corrected chi connectivity index (χ1v) is 8.68. The number of ether oxygens (including phenoxy) is 2. The maximum atomic E-state index is 11.8. The smallest absolute Gasteiger partial charge is 0.224 e. The molecule has 0 radical (unpaired) electrons. The Kier molecular flexibility index (Phi) is 6.45. The van der Waals surface area contributed by atoms with E-state index in [1.165, 1.54) is 11.1 Å². The number of hydrogen-bond acceptors (Lipinski definition) is 3. The Balaban J connectivity index is 2.28. The quantitative estimate of drug-likeness (QED) is 0.787. The van der Waals surface area contributed by atoms with Crippen LogP contribution in [0.4, 0.5) is 5.69 Å². The molecule has 0 aromatic heterocycles. The van der Waals surface area contributed by atoms with Crippen LogP contribution in [0.25, 0.3) is 0 Å².